The molecule has 4 nitrogen and oxygen atoms in total. The Bertz CT molecular complexity index is 1020. The third-order valence-corrected chi connectivity index (χ3v) is 5.62. The van der Waals surface area contributed by atoms with Gasteiger partial charge in [-0.3, -0.25) is 4.79 Å². The average Bonchev–Trinajstić information content (AvgIpc) is 3.16. The lowest BCUT2D eigenvalue weighted by Gasteiger charge is -2.23. The third-order valence-electron chi connectivity index (χ3n) is 5.62. The van der Waals surface area contributed by atoms with Gasteiger partial charge in [-0.1, -0.05) is 31.4 Å². The first-order chi connectivity index (χ1) is 14.0. The molecular formula is C24H26FN3O. The molecule has 29 heavy (non-hydrogen) atoms. The number of aromatic nitrogens is 2. The third kappa shape index (κ3) is 4.24. The molecule has 1 fully saturated rings. The first-order valence-electron chi connectivity index (χ1n) is 10.3. The van der Waals surface area contributed by atoms with Crippen LogP contribution in [0.2, 0.25) is 0 Å². The molecule has 3 aromatic rings. The van der Waals surface area contributed by atoms with E-state index in [0.29, 0.717) is 11.4 Å². The fourth-order valence-electron chi connectivity index (χ4n) is 3.94. The van der Waals surface area contributed by atoms with Crippen LogP contribution in [0.5, 0.6) is 0 Å². The lowest BCUT2D eigenvalue weighted by molar-refractivity contribution is 0.0920. The largest absolute Gasteiger partial charge is 0.348 e. The molecule has 1 aromatic heterocycles. The maximum atomic E-state index is 13.3. The van der Waals surface area contributed by atoms with Crippen molar-refractivity contribution in [1.82, 2.24) is 15.1 Å². The summed E-state index contributed by atoms with van der Waals surface area (Å²) < 4.78 is 15.1. The predicted octanol–water partition coefficient (Wildman–Crippen LogP) is 5.36. The topological polar surface area (TPSA) is 46.9 Å². The molecule has 2 aromatic carbocycles. The van der Waals surface area contributed by atoms with Crippen LogP contribution in [-0.4, -0.2) is 21.7 Å². The SMILES string of the molecule is Cc1ccc(C)c(-n2nc(-c3ccc(F)cc3)cc2C(=O)NC2CCCCC2)c1. The van der Waals surface area contributed by atoms with Gasteiger partial charge in [0.15, 0.2) is 0 Å². The number of hydrogen-bond donors (Lipinski definition) is 1. The second-order valence-corrected chi connectivity index (χ2v) is 7.93. The van der Waals surface area contributed by atoms with Gasteiger partial charge < -0.3 is 5.32 Å². The predicted molar refractivity (Wildman–Crippen MR) is 113 cm³/mol. The van der Waals surface area contributed by atoms with Crippen molar-refractivity contribution in [3.8, 4) is 16.9 Å². The van der Waals surface area contributed by atoms with Gasteiger partial charge in [-0.2, -0.15) is 5.10 Å². The highest BCUT2D eigenvalue weighted by Gasteiger charge is 2.22. The molecule has 0 aliphatic heterocycles. The van der Waals surface area contributed by atoms with E-state index >= 15 is 0 Å². The first-order valence-corrected chi connectivity index (χ1v) is 10.3. The minimum atomic E-state index is -0.294. The number of carbonyl (C=O) groups excluding carboxylic acids is 1. The normalized spacial score (nSPS) is 14.7. The molecule has 150 valence electrons. The number of nitrogens with one attached hydrogen (secondary N) is 1. The molecule has 0 unspecified atom stereocenters. The van der Waals surface area contributed by atoms with Crippen molar-refractivity contribution in [2.75, 3.05) is 0 Å². The van der Waals surface area contributed by atoms with Crippen molar-refractivity contribution < 1.29 is 9.18 Å². The van der Waals surface area contributed by atoms with Gasteiger partial charge in [0.2, 0.25) is 0 Å². The van der Waals surface area contributed by atoms with Crippen molar-refractivity contribution >= 4 is 5.91 Å². The van der Waals surface area contributed by atoms with Crippen molar-refractivity contribution in [2.24, 2.45) is 0 Å². The van der Waals surface area contributed by atoms with E-state index in [4.69, 9.17) is 5.10 Å². The Labute approximate surface area is 170 Å². The maximum absolute atomic E-state index is 13.3. The summed E-state index contributed by atoms with van der Waals surface area (Å²) in [5, 5.41) is 7.92. The van der Waals surface area contributed by atoms with Crippen LogP contribution in [0.1, 0.15) is 53.7 Å². The average molecular weight is 391 g/mol. The molecule has 1 heterocycles. The second-order valence-electron chi connectivity index (χ2n) is 7.93. The van der Waals surface area contributed by atoms with Gasteiger partial charge in [0, 0.05) is 11.6 Å². The Morgan fingerprint density at radius 3 is 2.48 bits per heavy atom. The van der Waals surface area contributed by atoms with Crippen LogP contribution in [0.15, 0.2) is 48.5 Å². The Morgan fingerprint density at radius 1 is 1.03 bits per heavy atom. The number of halogens is 1. The zero-order valence-corrected chi connectivity index (χ0v) is 16.9. The highest BCUT2D eigenvalue weighted by Crippen LogP contribution is 2.25. The summed E-state index contributed by atoms with van der Waals surface area (Å²) in [6, 6.07) is 14.3. The van der Waals surface area contributed by atoms with Crippen molar-refractivity contribution in [1.29, 1.82) is 0 Å². The standard InChI is InChI=1S/C24H26FN3O/c1-16-8-9-17(2)22(14-16)28-23(24(29)26-20-6-4-3-5-7-20)15-21(27-28)18-10-12-19(25)13-11-18/h8-15,20H,3-7H2,1-2H3,(H,26,29). The van der Waals surface area contributed by atoms with E-state index < -0.39 is 0 Å². The Balaban J connectivity index is 1.75. The molecule has 0 radical (unpaired) electrons. The zero-order chi connectivity index (χ0) is 20.4. The number of amides is 1. The Kier molecular flexibility index (Phi) is 5.47. The summed E-state index contributed by atoms with van der Waals surface area (Å²) in [5.74, 6) is -0.406. The van der Waals surface area contributed by atoms with Crippen LogP contribution in [0.25, 0.3) is 16.9 Å². The molecule has 0 spiro atoms. The molecule has 1 saturated carbocycles. The number of rotatable bonds is 4. The summed E-state index contributed by atoms with van der Waals surface area (Å²) >= 11 is 0. The zero-order valence-electron chi connectivity index (χ0n) is 16.9. The Hall–Kier alpha value is -2.95. The molecule has 1 amide bonds. The number of hydrogen-bond acceptors (Lipinski definition) is 2. The fraction of sp³-hybridized carbons (Fsp3) is 0.333. The van der Waals surface area contributed by atoms with Gasteiger partial charge in [-0.05, 0) is 74.2 Å². The summed E-state index contributed by atoms with van der Waals surface area (Å²) in [6.45, 7) is 4.03. The van der Waals surface area contributed by atoms with Crippen molar-refractivity contribution in [2.45, 2.75) is 52.0 Å². The smallest absolute Gasteiger partial charge is 0.270 e. The van der Waals surface area contributed by atoms with E-state index in [1.54, 1.807) is 22.9 Å². The highest BCUT2D eigenvalue weighted by atomic mass is 19.1. The minimum Gasteiger partial charge on any atom is -0.348 e. The molecule has 1 N–H and O–H groups in total. The highest BCUT2D eigenvalue weighted by molar-refractivity contribution is 5.94. The van der Waals surface area contributed by atoms with E-state index in [1.807, 2.05) is 32.0 Å². The van der Waals surface area contributed by atoms with E-state index in [9.17, 15) is 9.18 Å². The minimum absolute atomic E-state index is 0.112. The van der Waals surface area contributed by atoms with E-state index in [0.717, 1.165) is 48.1 Å². The molecule has 0 bridgehead atoms. The number of aryl methyl sites for hydroxylation is 2. The van der Waals surface area contributed by atoms with Crippen LogP contribution < -0.4 is 5.32 Å². The summed E-state index contributed by atoms with van der Waals surface area (Å²) in [7, 11) is 0. The van der Waals surface area contributed by atoms with E-state index in [-0.39, 0.29) is 17.8 Å². The van der Waals surface area contributed by atoms with Gasteiger partial charge in [0.05, 0.1) is 11.4 Å². The molecule has 1 aliphatic carbocycles. The lowest BCUT2D eigenvalue weighted by Crippen LogP contribution is -2.37. The van der Waals surface area contributed by atoms with Crippen LogP contribution in [-0.2, 0) is 0 Å². The fourth-order valence-corrected chi connectivity index (χ4v) is 3.94. The van der Waals surface area contributed by atoms with E-state index in [1.165, 1.54) is 18.6 Å². The second kappa shape index (κ2) is 8.19. The van der Waals surface area contributed by atoms with Gasteiger partial charge in [0.1, 0.15) is 11.5 Å². The van der Waals surface area contributed by atoms with Crippen LogP contribution in [0.3, 0.4) is 0 Å². The summed E-state index contributed by atoms with van der Waals surface area (Å²) in [6.07, 6.45) is 5.59. The molecule has 1 aliphatic rings. The van der Waals surface area contributed by atoms with E-state index in [2.05, 4.69) is 5.32 Å². The van der Waals surface area contributed by atoms with Crippen LogP contribution in [0, 0.1) is 19.7 Å². The number of benzene rings is 2. The van der Waals surface area contributed by atoms with Crippen LogP contribution in [0.4, 0.5) is 4.39 Å². The van der Waals surface area contributed by atoms with Crippen LogP contribution >= 0.6 is 0 Å². The summed E-state index contributed by atoms with van der Waals surface area (Å²) in [4.78, 5) is 13.2. The maximum Gasteiger partial charge on any atom is 0.270 e. The quantitative estimate of drug-likeness (QED) is 0.651. The molecule has 5 heteroatoms. The number of carbonyl (C=O) groups is 1. The first kappa shape index (κ1) is 19.4. The van der Waals surface area contributed by atoms with Gasteiger partial charge in [-0.15, -0.1) is 0 Å². The molecule has 0 saturated heterocycles. The monoisotopic (exact) mass is 391 g/mol. The lowest BCUT2D eigenvalue weighted by atomic mass is 9.95. The van der Waals surface area contributed by atoms with Gasteiger partial charge in [0.25, 0.3) is 5.91 Å². The van der Waals surface area contributed by atoms with Gasteiger partial charge >= 0.3 is 0 Å². The number of nitrogens with zero attached hydrogens (tertiary/aromatic N) is 2. The summed E-state index contributed by atoms with van der Waals surface area (Å²) in [5.41, 5.74) is 4.96. The van der Waals surface area contributed by atoms with Crippen molar-refractivity contribution in [3.05, 3.63) is 71.2 Å². The molecule has 4 rings (SSSR count). The van der Waals surface area contributed by atoms with Gasteiger partial charge in [-0.25, -0.2) is 9.07 Å². The molecular weight excluding hydrogens is 365 g/mol. The molecule has 0 atom stereocenters. The Morgan fingerprint density at radius 2 is 1.76 bits per heavy atom. The van der Waals surface area contributed by atoms with Crippen molar-refractivity contribution in [3.63, 3.8) is 0 Å².